The van der Waals surface area contributed by atoms with Crippen LogP contribution in [0, 0.1) is 0 Å². The van der Waals surface area contributed by atoms with E-state index in [2.05, 4.69) is 10.1 Å². The molecule has 1 aliphatic rings. The van der Waals surface area contributed by atoms with Gasteiger partial charge in [0, 0.05) is 43.8 Å². The number of aromatic nitrogens is 3. The van der Waals surface area contributed by atoms with Gasteiger partial charge in [-0.1, -0.05) is 18.2 Å². The van der Waals surface area contributed by atoms with Crippen LogP contribution in [-0.2, 0) is 19.6 Å². The molecule has 2 aromatic heterocycles. The molecule has 3 aromatic rings. The molecule has 0 saturated carbocycles. The Morgan fingerprint density at radius 1 is 1.00 bits per heavy atom. The number of fused-ring (bicyclic) bond motifs is 1. The highest BCUT2D eigenvalue weighted by Crippen LogP contribution is 2.19. The summed E-state index contributed by atoms with van der Waals surface area (Å²) in [6.07, 6.45) is 2.03. The highest BCUT2D eigenvalue weighted by atomic mass is 32.2. The molecule has 1 saturated heterocycles. The summed E-state index contributed by atoms with van der Waals surface area (Å²) in [5.74, 6) is -1.02. The molecule has 10 nitrogen and oxygen atoms in total. The van der Waals surface area contributed by atoms with Gasteiger partial charge < -0.3 is 9.64 Å². The molecule has 4 rings (SSSR count). The molecule has 0 aliphatic carbocycles. The lowest BCUT2D eigenvalue weighted by molar-refractivity contribution is -0.141. The van der Waals surface area contributed by atoms with Crippen molar-refractivity contribution in [3.8, 4) is 0 Å². The van der Waals surface area contributed by atoms with E-state index in [0.29, 0.717) is 11.0 Å². The van der Waals surface area contributed by atoms with Crippen molar-refractivity contribution in [3.63, 3.8) is 0 Å². The van der Waals surface area contributed by atoms with E-state index in [1.165, 1.54) is 22.3 Å². The summed E-state index contributed by atoms with van der Waals surface area (Å²) < 4.78 is 34.1. The van der Waals surface area contributed by atoms with Crippen molar-refractivity contribution in [3.05, 3.63) is 54.4 Å². The topological polar surface area (TPSA) is 115 Å². The number of carbonyl (C=O) groups is 2. The van der Waals surface area contributed by atoms with Crippen molar-refractivity contribution in [2.75, 3.05) is 26.2 Å². The zero-order valence-corrected chi connectivity index (χ0v) is 20.1. The summed E-state index contributed by atoms with van der Waals surface area (Å²) in [6.45, 7) is 6.26. The van der Waals surface area contributed by atoms with Crippen LogP contribution in [0.15, 0.2) is 53.7 Å². The van der Waals surface area contributed by atoms with Crippen LogP contribution in [0.3, 0.4) is 0 Å². The number of piperazine rings is 1. The molecule has 0 spiro atoms. The van der Waals surface area contributed by atoms with E-state index in [1.807, 2.05) is 13.8 Å². The van der Waals surface area contributed by atoms with E-state index in [1.54, 1.807) is 47.3 Å². The third-order valence-corrected chi connectivity index (χ3v) is 7.63. The lowest BCUT2D eigenvalue weighted by Crippen LogP contribution is -2.52. The maximum Gasteiger partial charge on any atom is 0.340 e. The summed E-state index contributed by atoms with van der Waals surface area (Å²) in [7, 11) is -3.61. The molecule has 11 heteroatoms. The van der Waals surface area contributed by atoms with E-state index in [4.69, 9.17) is 4.74 Å². The van der Waals surface area contributed by atoms with Gasteiger partial charge in [0.1, 0.15) is 0 Å². The van der Waals surface area contributed by atoms with Crippen LogP contribution in [0.25, 0.3) is 11.0 Å². The highest BCUT2D eigenvalue weighted by Gasteiger charge is 2.32. The van der Waals surface area contributed by atoms with E-state index < -0.39 is 22.1 Å². The summed E-state index contributed by atoms with van der Waals surface area (Å²) in [4.78, 5) is 31.5. The van der Waals surface area contributed by atoms with Crippen molar-refractivity contribution < 1.29 is 22.7 Å². The fraction of sp³-hybridized carbons (Fsp3) is 0.391. The molecule has 1 fully saturated rings. The minimum atomic E-state index is -3.61. The third kappa shape index (κ3) is 4.66. The predicted molar refractivity (Wildman–Crippen MR) is 125 cm³/mol. The van der Waals surface area contributed by atoms with E-state index in [-0.39, 0.29) is 48.6 Å². The Bertz CT molecular complexity index is 1300. The van der Waals surface area contributed by atoms with E-state index in [9.17, 15) is 18.0 Å². The number of rotatable bonds is 6. The lowest BCUT2D eigenvalue weighted by atomic mass is 10.2. The van der Waals surface area contributed by atoms with Gasteiger partial charge in [-0.05, 0) is 39.0 Å². The Hall–Kier alpha value is -3.31. The Labute approximate surface area is 198 Å². The van der Waals surface area contributed by atoms with E-state index >= 15 is 0 Å². The fourth-order valence-electron chi connectivity index (χ4n) is 3.86. The molecule has 1 amide bonds. The van der Waals surface area contributed by atoms with Crippen LogP contribution in [-0.4, -0.2) is 76.5 Å². The largest absolute Gasteiger partial charge is 0.449 e. The first-order valence-electron chi connectivity index (χ1n) is 11.1. The normalized spacial score (nSPS) is 16.1. The number of ether oxygens (including phenoxy) is 1. The van der Waals surface area contributed by atoms with Crippen molar-refractivity contribution in [2.24, 2.45) is 0 Å². The number of hydrogen-bond acceptors (Lipinski definition) is 7. The quantitative estimate of drug-likeness (QED) is 0.491. The Balaban J connectivity index is 1.36. The van der Waals surface area contributed by atoms with Gasteiger partial charge >= 0.3 is 5.97 Å². The van der Waals surface area contributed by atoms with Crippen LogP contribution in [0.5, 0.6) is 0 Å². The monoisotopic (exact) mass is 485 g/mol. The van der Waals surface area contributed by atoms with Gasteiger partial charge in [0.05, 0.1) is 16.7 Å². The summed E-state index contributed by atoms with van der Waals surface area (Å²) in [6, 6.07) is 9.97. The number of hydrogen-bond donors (Lipinski definition) is 0. The van der Waals surface area contributed by atoms with Crippen molar-refractivity contribution >= 4 is 32.9 Å². The van der Waals surface area contributed by atoms with Gasteiger partial charge in [0.25, 0.3) is 5.91 Å². The van der Waals surface area contributed by atoms with Crippen LogP contribution in [0.4, 0.5) is 0 Å². The molecule has 180 valence electrons. The molecular formula is C23H27N5O5S. The molecule has 1 atom stereocenters. The first kappa shape index (κ1) is 23.8. The predicted octanol–water partition coefficient (Wildman–Crippen LogP) is 2.09. The molecule has 1 aliphatic heterocycles. The number of nitrogens with zero attached hydrogens (tertiary/aromatic N) is 5. The molecule has 1 aromatic carbocycles. The number of sulfonamides is 1. The number of amides is 1. The second-order valence-electron chi connectivity index (χ2n) is 8.41. The summed E-state index contributed by atoms with van der Waals surface area (Å²) in [5, 5.41) is 4.99. The fourth-order valence-corrected chi connectivity index (χ4v) is 5.30. The Morgan fingerprint density at radius 3 is 2.32 bits per heavy atom. The first-order valence-corrected chi connectivity index (χ1v) is 12.5. The number of pyridine rings is 1. The Kier molecular flexibility index (Phi) is 6.67. The van der Waals surface area contributed by atoms with Gasteiger partial charge in [-0.15, -0.1) is 0 Å². The van der Waals surface area contributed by atoms with Crippen molar-refractivity contribution in [2.45, 2.75) is 37.8 Å². The smallest absolute Gasteiger partial charge is 0.340 e. The van der Waals surface area contributed by atoms with E-state index in [0.717, 1.165) is 0 Å². The maximum absolute atomic E-state index is 12.8. The summed E-state index contributed by atoms with van der Waals surface area (Å²) in [5.41, 5.74) is 0.897. The standard InChI is InChI=1S/C23H27N5O5S/c1-16(2)28-21-18(15-25-28)13-19(14-24-21)23(30)33-17(3)22(29)26-9-11-27(12-10-26)34(31,32)20-7-5-4-6-8-20/h4-8,13-17H,9-12H2,1-3H3. The Morgan fingerprint density at radius 2 is 1.68 bits per heavy atom. The highest BCUT2D eigenvalue weighted by molar-refractivity contribution is 7.89. The average molecular weight is 486 g/mol. The molecule has 0 radical (unpaired) electrons. The van der Waals surface area contributed by atoms with Crippen molar-refractivity contribution in [1.82, 2.24) is 24.0 Å². The minimum absolute atomic E-state index is 0.128. The minimum Gasteiger partial charge on any atom is -0.449 e. The average Bonchev–Trinajstić information content (AvgIpc) is 3.28. The van der Waals surface area contributed by atoms with Crippen molar-refractivity contribution in [1.29, 1.82) is 0 Å². The third-order valence-electron chi connectivity index (χ3n) is 5.72. The number of esters is 1. The summed E-state index contributed by atoms with van der Waals surface area (Å²) >= 11 is 0. The van der Waals surface area contributed by atoms with Gasteiger partial charge in [-0.3, -0.25) is 4.79 Å². The molecule has 34 heavy (non-hydrogen) atoms. The molecule has 3 heterocycles. The first-order chi connectivity index (χ1) is 16.2. The van der Waals surface area contributed by atoms with Crippen LogP contribution < -0.4 is 0 Å². The van der Waals surface area contributed by atoms with Crippen LogP contribution in [0.1, 0.15) is 37.2 Å². The van der Waals surface area contributed by atoms with Gasteiger partial charge in [-0.25, -0.2) is 22.9 Å². The molecule has 0 N–H and O–H groups in total. The number of benzene rings is 1. The van der Waals surface area contributed by atoms with Crippen LogP contribution >= 0.6 is 0 Å². The second kappa shape index (κ2) is 9.51. The number of carbonyl (C=O) groups excluding carboxylic acids is 2. The molecule has 0 bridgehead atoms. The van der Waals surface area contributed by atoms with Gasteiger partial charge in [0.2, 0.25) is 10.0 Å². The zero-order valence-electron chi connectivity index (χ0n) is 19.3. The second-order valence-corrected chi connectivity index (χ2v) is 10.3. The van der Waals surface area contributed by atoms with Gasteiger partial charge in [-0.2, -0.15) is 9.40 Å². The maximum atomic E-state index is 12.8. The van der Waals surface area contributed by atoms with Crippen LogP contribution in [0.2, 0.25) is 0 Å². The molecule has 1 unspecified atom stereocenters. The lowest BCUT2D eigenvalue weighted by Gasteiger charge is -2.35. The zero-order chi connectivity index (χ0) is 24.5. The SMILES string of the molecule is CC(OC(=O)c1cnc2c(cnn2C(C)C)c1)C(=O)N1CCN(S(=O)(=O)c2ccccc2)CC1. The molecular weight excluding hydrogens is 458 g/mol. The van der Waals surface area contributed by atoms with Gasteiger partial charge in [0.15, 0.2) is 11.8 Å².